The number of aromatic hydroxyl groups is 1. The molecule has 1 aliphatic heterocycles. The molecule has 4 aromatic heterocycles. The Hall–Kier alpha value is -9.61. The highest BCUT2D eigenvalue weighted by Gasteiger charge is 2.27. The van der Waals surface area contributed by atoms with E-state index in [1.54, 1.807) is 59.9 Å². The molecule has 438 valence electrons. The number of thiophene rings is 1. The molecule has 23 heteroatoms. The van der Waals surface area contributed by atoms with E-state index in [-0.39, 0.29) is 75.1 Å². The second-order valence-electron chi connectivity index (χ2n) is 19.6. The van der Waals surface area contributed by atoms with E-state index in [0.717, 1.165) is 33.2 Å². The number of aromatic nitrogens is 5. The average molecular weight is 1160 g/mol. The first kappa shape index (κ1) is 60.5. The average Bonchev–Trinajstić information content (AvgIpc) is 2.92. The molecule has 0 bridgehead atoms. The van der Waals surface area contributed by atoms with Gasteiger partial charge in [-0.15, -0.1) is 11.3 Å². The normalized spacial score (nSPS) is 13.2. The number of nitrogens with zero attached hydrogens (tertiary/aromatic N) is 4. The molecule has 0 radical (unpaired) electrons. The summed E-state index contributed by atoms with van der Waals surface area (Å²) < 4.78 is 14.0. The summed E-state index contributed by atoms with van der Waals surface area (Å²) in [5.41, 5.74) is 5.54. The molecular formula is C61H67N11O11S. The minimum absolute atomic E-state index is 0.00189. The number of nitrogens with one attached hydrogen (secondary N) is 7. The van der Waals surface area contributed by atoms with Gasteiger partial charge >= 0.3 is 5.69 Å². The molecule has 3 aromatic carbocycles. The SMILES string of the molecule is CCCn1c(=O)c2[nH]c(-c3ccc(OCC(=O)NCCNC(=O)[C@H](CO)NC(=O)[C@H](Cc4ccc(O)cc4)NC(=O)CCCCNC(=O)COc4ccc(/C=C/c5ccc(/C=C6/C=CC(c7cccs7)=N6)[nH]5)cc4)cc3)nc2n(CCC)c1=O. The van der Waals surface area contributed by atoms with Gasteiger partial charge in [-0.25, -0.2) is 14.8 Å². The number of aliphatic hydroxyl groups excluding tert-OH is 1. The van der Waals surface area contributed by atoms with Crippen LogP contribution in [0.3, 0.4) is 0 Å². The van der Waals surface area contributed by atoms with Crippen LogP contribution in [0.4, 0.5) is 0 Å². The third-order valence-corrected chi connectivity index (χ3v) is 14.1. The fourth-order valence-corrected chi connectivity index (χ4v) is 9.56. The number of amides is 5. The Morgan fingerprint density at radius 3 is 2.07 bits per heavy atom. The number of aliphatic hydroxyl groups is 1. The maximum atomic E-state index is 13.6. The number of fused-ring (bicyclic) bond motifs is 1. The number of hydrogen-bond acceptors (Lipinski definition) is 14. The van der Waals surface area contributed by atoms with Gasteiger partial charge in [0.05, 0.1) is 22.9 Å². The number of carbonyl (C=O) groups excluding carboxylic acids is 5. The Kier molecular flexibility index (Phi) is 21.5. The summed E-state index contributed by atoms with van der Waals surface area (Å²) in [4.78, 5) is 108. The van der Waals surface area contributed by atoms with Gasteiger partial charge in [0, 0.05) is 62.5 Å². The number of aromatic amines is 2. The zero-order valence-electron chi connectivity index (χ0n) is 46.5. The van der Waals surface area contributed by atoms with Crippen LogP contribution in [-0.2, 0) is 43.5 Å². The second kappa shape index (κ2) is 29.9. The third kappa shape index (κ3) is 17.0. The summed E-state index contributed by atoms with van der Waals surface area (Å²) in [6.45, 7) is 3.39. The van der Waals surface area contributed by atoms with Gasteiger partial charge in [-0.2, -0.15) is 0 Å². The van der Waals surface area contributed by atoms with Gasteiger partial charge in [0.2, 0.25) is 17.7 Å². The summed E-state index contributed by atoms with van der Waals surface area (Å²) >= 11 is 1.66. The highest BCUT2D eigenvalue weighted by atomic mass is 32.1. The Morgan fingerprint density at radius 2 is 1.38 bits per heavy atom. The van der Waals surface area contributed by atoms with Crippen LogP contribution in [0.1, 0.15) is 73.3 Å². The smallest absolute Gasteiger partial charge is 0.332 e. The van der Waals surface area contributed by atoms with Crippen molar-refractivity contribution in [1.82, 2.24) is 50.7 Å². The molecule has 0 saturated heterocycles. The number of H-pyrrole nitrogens is 2. The Labute approximate surface area is 487 Å². The fourth-order valence-electron chi connectivity index (χ4n) is 8.87. The van der Waals surface area contributed by atoms with Gasteiger partial charge in [-0.05, 0) is 133 Å². The Bertz CT molecular complexity index is 3650. The highest BCUT2D eigenvalue weighted by molar-refractivity contribution is 7.12. The Balaban J connectivity index is 0.717. The van der Waals surface area contributed by atoms with Gasteiger partial charge in [0.15, 0.2) is 18.9 Å². The van der Waals surface area contributed by atoms with E-state index >= 15 is 0 Å². The first-order valence-corrected chi connectivity index (χ1v) is 28.5. The molecular weight excluding hydrogens is 1090 g/mol. The molecule has 7 aromatic rings. The topological polar surface area (TPSA) is 305 Å². The maximum absolute atomic E-state index is 13.6. The first-order valence-electron chi connectivity index (χ1n) is 27.7. The molecule has 9 N–H and O–H groups in total. The van der Waals surface area contributed by atoms with Crippen molar-refractivity contribution in [2.24, 2.45) is 4.99 Å². The summed E-state index contributed by atoms with van der Waals surface area (Å²) in [5.74, 6) is -1.48. The van der Waals surface area contributed by atoms with Crippen LogP contribution in [0.5, 0.6) is 17.2 Å². The molecule has 0 spiro atoms. The molecule has 8 rings (SSSR count). The van der Waals surface area contributed by atoms with E-state index in [9.17, 15) is 43.8 Å². The highest BCUT2D eigenvalue weighted by Crippen LogP contribution is 2.24. The van der Waals surface area contributed by atoms with Crippen molar-refractivity contribution in [3.8, 4) is 28.6 Å². The lowest BCUT2D eigenvalue weighted by atomic mass is 10.0. The monoisotopic (exact) mass is 1160 g/mol. The molecule has 1 aliphatic rings. The summed E-state index contributed by atoms with van der Waals surface area (Å²) in [5, 5.41) is 35.1. The molecule has 0 saturated carbocycles. The molecule has 5 heterocycles. The lowest BCUT2D eigenvalue weighted by Gasteiger charge is -2.22. The van der Waals surface area contributed by atoms with E-state index in [0.29, 0.717) is 60.7 Å². The van der Waals surface area contributed by atoms with Gasteiger partial charge in [0.25, 0.3) is 17.4 Å². The zero-order chi connectivity index (χ0) is 59.4. The maximum Gasteiger partial charge on any atom is 0.332 e. The number of aryl methyl sites for hydroxylation is 1. The largest absolute Gasteiger partial charge is 0.508 e. The molecule has 5 amide bonds. The molecule has 0 aliphatic carbocycles. The lowest BCUT2D eigenvalue weighted by Crippen LogP contribution is -2.56. The van der Waals surface area contributed by atoms with E-state index < -0.39 is 53.6 Å². The van der Waals surface area contributed by atoms with Crippen molar-refractivity contribution >= 4 is 76.0 Å². The minimum Gasteiger partial charge on any atom is -0.508 e. The van der Waals surface area contributed by atoms with Gasteiger partial charge < -0.3 is 56.2 Å². The Morgan fingerprint density at radius 1 is 0.702 bits per heavy atom. The predicted octanol–water partition coefficient (Wildman–Crippen LogP) is 5.22. The number of aliphatic imine (C=N–C) groups is 1. The van der Waals surface area contributed by atoms with Crippen LogP contribution >= 0.6 is 11.3 Å². The zero-order valence-corrected chi connectivity index (χ0v) is 47.3. The number of hydrogen-bond donors (Lipinski definition) is 9. The number of unbranched alkanes of at least 4 members (excludes halogenated alkanes) is 1. The number of carbonyl (C=O) groups is 5. The second-order valence-corrected chi connectivity index (χ2v) is 20.6. The van der Waals surface area contributed by atoms with E-state index in [2.05, 4.69) is 47.6 Å². The number of rotatable bonds is 30. The van der Waals surface area contributed by atoms with Crippen molar-refractivity contribution in [3.63, 3.8) is 0 Å². The van der Waals surface area contributed by atoms with Crippen molar-refractivity contribution < 1.29 is 43.7 Å². The first-order chi connectivity index (χ1) is 40.8. The molecule has 84 heavy (non-hydrogen) atoms. The van der Waals surface area contributed by atoms with Crippen molar-refractivity contribution in [2.45, 2.75) is 77.5 Å². The van der Waals surface area contributed by atoms with Crippen molar-refractivity contribution in [1.29, 1.82) is 0 Å². The molecule has 0 fully saturated rings. The van der Waals surface area contributed by atoms with Crippen molar-refractivity contribution in [2.75, 3.05) is 39.5 Å². The number of imidazole rings is 1. The van der Waals surface area contributed by atoms with Crippen LogP contribution in [0, 0.1) is 0 Å². The van der Waals surface area contributed by atoms with Crippen molar-refractivity contribution in [3.05, 3.63) is 169 Å². The summed E-state index contributed by atoms with van der Waals surface area (Å²) in [6, 6.07) is 25.5. The standard InChI is InChI=1S/C61H67N11O11S/c1-3-31-71-57-55(60(80)72(32-4-2)61(71)81)69-56(70-57)41-15-25-47(26-16-41)83-38-54(77)63-29-30-64-58(78)50(36-73)68-59(79)49(34-40-11-21-45(74)22-12-40)67-52(75)9-5-6-28-62-53(76)37-82-46-23-13-39(14-24-46)10-17-42-18-19-43(65-42)35-44-20-27-48(66-44)51-8-7-33-84-51/h7-8,10-27,33,35,49-50,65,73-74H,3-6,9,28-32,34,36-38H2,1-2H3,(H,62,76)(H,63,77)(H,64,78)(H,67,75)(H,68,79)(H,69,70)/b17-10+,44-35-/t49-,50-/m0/s1. The van der Waals surface area contributed by atoms with E-state index in [4.69, 9.17) is 14.5 Å². The molecule has 22 nitrogen and oxygen atoms in total. The molecule has 0 unspecified atom stereocenters. The van der Waals surface area contributed by atoms with Crippen LogP contribution in [0.2, 0.25) is 0 Å². The number of benzene rings is 3. The number of phenolic OH excluding ortho intramolecular Hbond substituents is 1. The van der Waals surface area contributed by atoms with E-state index in [1.165, 1.54) is 21.3 Å². The van der Waals surface area contributed by atoms with Crippen LogP contribution in [0.25, 0.3) is 40.8 Å². The quantitative estimate of drug-likeness (QED) is 0.0262. The molecule has 2 atom stereocenters. The van der Waals surface area contributed by atoms with Gasteiger partial charge in [0.1, 0.15) is 40.7 Å². The van der Waals surface area contributed by atoms with E-state index in [1.807, 2.05) is 79.9 Å². The number of phenols is 1. The van der Waals surface area contributed by atoms with Gasteiger partial charge in [-0.1, -0.05) is 50.3 Å². The van der Waals surface area contributed by atoms with Gasteiger partial charge in [-0.3, -0.25) is 37.9 Å². The van der Waals surface area contributed by atoms with Crippen LogP contribution in [0.15, 0.2) is 135 Å². The minimum atomic E-state index is -1.40. The summed E-state index contributed by atoms with van der Waals surface area (Å²) in [7, 11) is 0. The van der Waals surface area contributed by atoms with Crippen LogP contribution in [-0.4, -0.2) is 121 Å². The number of ether oxygens (including phenoxy) is 2. The third-order valence-electron chi connectivity index (χ3n) is 13.2. The predicted molar refractivity (Wildman–Crippen MR) is 321 cm³/mol. The summed E-state index contributed by atoms with van der Waals surface area (Å²) in [6.07, 6.45) is 12.1. The fraction of sp³-hybridized carbons (Fsp3) is 0.295. The van der Waals surface area contributed by atoms with Crippen LogP contribution < -0.4 is 47.3 Å². The number of allylic oxidation sites excluding steroid dienone is 2. The lowest BCUT2D eigenvalue weighted by molar-refractivity contribution is -0.132.